The van der Waals surface area contributed by atoms with Crippen molar-refractivity contribution < 1.29 is 9.59 Å². The van der Waals surface area contributed by atoms with Gasteiger partial charge in [0, 0.05) is 24.7 Å². The van der Waals surface area contributed by atoms with Crippen molar-refractivity contribution in [1.29, 1.82) is 0 Å². The lowest BCUT2D eigenvalue weighted by molar-refractivity contribution is -0.115. The predicted molar refractivity (Wildman–Crippen MR) is 90.9 cm³/mol. The smallest absolute Gasteiger partial charge is 0.251 e. The topological polar surface area (TPSA) is 87.2 Å². The van der Waals surface area contributed by atoms with Crippen LogP contribution in [0.25, 0.3) is 0 Å². The standard InChI is InChI=1S/C17H19N5O2/c23-16(11-18-17(24)13-6-2-1-3-7-13)21-14-10-15(20-12-19-14)22-8-4-5-9-22/h1-3,6-7,10,12H,4-5,8-9,11H2,(H,18,24)(H,19,20,21,23). The fourth-order valence-corrected chi connectivity index (χ4v) is 2.57. The zero-order valence-electron chi connectivity index (χ0n) is 13.2. The maximum Gasteiger partial charge on any atom is 0.251 e. The second-order valence-corrected chi connectivity index (χ2v) is 5.55. The van der Waals surface area contributed by atoms with Crippen molar-refractivity contribution in [3.63, 3.8) is 0 Å². The Bertz CT molecular complexity index is 714. The van der Waals surface area contributed by atoms with Crippen molar-refractivity contribution in [2.45, 2.75) is 12.8 Å². The summed E-state index contributed by atoms with van der Waals surface area (Å²) in [7, 11) is 0. The minimum absolute atomic E-state index is 0.114. The quantitative estimate of drug-likeness (QED) is 0.869. The maximum absolute atomic E-state index is 12.0. The second kappa shape index (κ2) is 7.54. The third kappa shape index (κ3) is 4.07. The highest BCUT2D eigenvalue weighted by Gasteiger charge is 2.15. The van der Waals surface area contributed by atoms with Gasteiger partial charge in [0.15, 0.2) is 0 Å². The predicted octanol–water partition coefficient (Wildman–Crippen LogP) is 1.45. The van der Waals surface area contributed by atoms with Crippen LogP contribution in [0.4, 0.5) is 11.6 Å². The minimum atomic E-state index is -0.328. The molecular formula is C17H19N5O2. The van der Waals surface area contributed by atoms with E-state index in [-0.39, 0.29) is 18.4 Å². The van der Waals surface area contributed by atoms with Gasteiger partial charge in [-0.1, -0.05) is 18.2 Å². The molecule has 2 N–H and O–H groups in total. The molecule has 0 radical (unpaired) electrons. The minimum Gasteiger partial charge on any atom is -0.356 e. The van der Waals surface area contributed by atoms with Gasteiger partial charge >= 0.3 is 0 Å². The molecule has 2 aromatic rings. The van der Waals surface area contributed by atoms with Crippen molar-refractivity contribution in [3.05, 3.63) is 48.3 Å². The first-order chi connectivity index (χ1) is 11.7. The van der Waals surface area contributed by atoms with Gasteiger partial charge in [-0.2, -0.15) is 0 Å². The molecular weight excluding hydrogens is 306 g/mol. The lowest BCUT2D eigenvalue weighted by Crippen LogP contribution is -2.33. The number of benzene rings is 1. The Labute approximate surface area is 140 Å². The van der Waals surface area contributed by atoms with E-state index in [4.69, 9.17) is 0 Å². The van der Waals surface area contributed by atoms with Crippen LogP contribution in [0.2, 0.25) is 0 Å². The highest BCUT2D eigenvalue weighted by molar-refractivity contribution is 5.99. The zero-order chi connectivity index (χ0) is 16.8. The molecule has 0 aliphatic carbocycles. The monoisotopic (exact) mass is 325 g/mol. The Hall–Kier alpha value is -2.96. The van der Waals surface area contributed by atoms with Crippen LogP contribution in [0, 0.1) is 0 Å². The first kappa shape index (κ1) is 15.9. The van der Waals surface area contributed by atoms with E-state index in [9.17, 15) is 9.59 Å². The average molecular weight is 325 g/mol. The van der Waals surface area contributed by atoms with Gasteiger partial charge in [0.1, 0.15) is 18.0 Å². The summed E-state index contributed by atoms with van der Waals surface area (Å²) in [4.78, 5) is 34.3. The molecule has 24 heavy (non-hydrogen) atoms. The van der Waals surface area contributed by atoms with Crippen LogP contribution < -0.4 is 15.5 Å². The highest BCUT2D eigenvalue weighted by Crippen LogP contribution is 2.19. The molecule has 0 unspecified atom stereocenters. The lowest BCUT2D eigenvalue weighted by Gasteiger charge is -2.16. The fraction of sp³-hybridized carbons (Fsp3) is 0.294. The van der Waals surface area contributed by atoms with E-state index in [1.807, 2.05) is 6.07 Å². The van der Waals surface area contributed by atoms with Gasteiger partial charge in [0.05, 0.1) is 6.54 Å². The Morgan fingerprint density at radius 2 is 1.83 bits per heavy atom. The Kier molecular flexibility index (Phi) is 5.00. The van der Waals surface area contributed by atoms with Crippen molar-refractivity contribution in [2.24, 2.45) is 0 Å². The molecule has 1 aromatic heterocycles. The van der Waals surface area contributed by atoms with Gasteiger partial charge in [-0.3, -0.25) is 9.59 Å². The number of hydrogen-bond donors (Lipinski definition) is 2. The molecule has 7 heteroatoms. The van der Waals surface area contributed by atoms with Crippen molar-refractivity contribution in [2.75, 3.05) is 29.9 Å². The summed E-state index contributed by atoms with van der Waals surface area (Å²) in [6, 6.07) is 10.5. The molecule has 1 aromatic carbocycles. The van der Waals surface area contributed by atoms with Crippen molar-refractivity contribution >= 4 is 23.5 Å². The number of anilines is 2. The number of hydrogen-bond acceptors (Lipinski definition) is 5. The van der Waals surface area contributed by atoms with Gasteiger partial charge in [0.25, 0.3) is 5.91 Å². The maximum atomic E-state index is 12.0. The summed E-state index contributed by atoms with van der Waals surface area (Å²) >= 11 is 0. The van der Waals surface area contributed by atoms with Gasteiger partial charge in [-0.25, -0.2) is 9.97 Å². The summed E-state index contributed by atoms with van der Waals surface area (Å²) in [5.74, 6) is 0.633. The van der Waals surface area contributed by atoms with Crippen molar-refractivity contribution in [1.82, 2.24) is 15.3 Å². The largest absolute Gasteiger partial charge is 0.356 e. The summed E-state index contributed by atoms with van der Waals surface area (Å²) < 4.78 is 0. The number of nitrogens with one attached hydrogen (secondary N) is 2. The molecule has 1 aliphatic heterocycles. The van der Waals surface area contributed by atoms with E-state index < -0.39 is 0 Å². The van der Waals surface area contributed by atoms with Crippen LogP contribution in [-0.4, -0.2) is 41.4 Å². The summed E-state index contributed by atoms with van der Waals surface area (Å²) in [5.41, 5.74) is 0.517. The molecule has 2 heterocycles. The summed E-state index contributed by atoms with van der Waals surface area (Å²) in [6.07, 6.45) is 3.74. The number of nitrogens with zero attached hydrogens (tertiary/aromatic N) is 3. The number of carbonyl (C=O) groups excluding carboxylic acids is 2. The second-order valence-electron chi connectivity index (χ2n) is 5.55. The van der Waals surface area contributed by atoms with Gasteiger partial charge in [0.2, 0.25) is 5.91 Å². The lowest BCUT2D eigenvalue weighted by atomic mass is 10.2. The molecule has 0 bridgehead atoms. The first-order valence-electron chi connectivity index (χ1n) is 7.92. The SMILES string of the molecule is O=C(CNC(=O)c1ccccc1)Nc1cc(N2CCCC2)ncn1. The van der Waals surface area contributed by atoms with Crippen molar-refractivity contribution in [3.8, 4) is 0 Å². The van der Waals surface area contributed by atoms with E-state index in [1.54, 1.807) is 30.3 Å². The molecule has 0 atom stereocenters. The van der Waals surface area contributed by atoms with Crippen LogP contribution in [-0.2, 0) is 4.79 Å². The molecule has 1 saturated heterocycles. The molecule has 3 rings (SSSR count). The molecule has 7 nitrogen and oxygen atoms in total. The van der Waals surface area contributed by atoms with E-state index in [0.717, 1.165) is 31.7 Å². The number of amides is 2. The van der Waals surface area contributed by atoms with Gasteiger partial charge in [-0.05, 0) is 25.0 Å². The number of aromatic nitrogens is 2. The zero-order valence-corrected chi connectivity index (χ0v) is 13.2. The normalized spacial score (nSPS) is 13.6. The molecule has 0 spiro atoms. The molecule has 124 valence electrons. The van der Waals surface area contributed by atoms with Crippen LogP contribution in [0.15, 0.2) is 42.7 Å². The molecule has 1 aliphatic rings. The summed E-state index contributed by atoms with van der Waals surface area (Å²) in [6.45, 7) is 1.83. The fourth-order valence-electron chi connectivity index (χ4n) is 2.57. The van der Waals surface area contributed by atoms with Crippen LogP contribution >= 0.6 is 0 Å². The number of rotatable bonds is 5. The Morgan fingerprint density at radius 1 is 1.08 bits per heavy atom. The average Bonchev–Trinajstić information content (AvgIpc) is 3.15. The van der Waals surface area contributed by atoms with E-state index >= 15 is 0 Å². The third-order valence-electron chi connectivity index (χ3n) is 3.80. The van der Waals surface area contributed by atoms with E-state index in [0.29, 0.717) is 11.4 Å². The van der Waals surface area contributed by atoms with E-state index in [2.05, 4.69) is 25.5 Å². The highest BCUT2D eigenvalue weighted by atomic mass is 16.2. The first-order valence-corrected chi connectivity index (χ1v) is 7.92. The number of carbonyl (C=O) groups is 2. The van der Waals surface area contributed by atoms with Crippen LogP contribution in [0.5, 0.6) is 0 Å². The van der Waals surface area contributed by atoms with E-state index in [1.165, 1.54) is 6.33 Å². The van der Waals surface area contributed by atoms with Gasteiger partial charge in [-0.15, -0.1) is 0 Å². The molecule has 2 amide bonds. The summed E-state index contributed by atoms with van der Waals surface area (Å²) in [5, 5.41) is 5.27. The Balaban J connectivity index is 1.53. The van der Waals surface area contributed by atoms with Gasteiger partial charge < -0.3 is 15.5 Å². The third-order valence-corrected chi connectivity index (χ3v) is 3.80. The molecule has 0 saturated carbocycles. The Morgan fingerprint density at radius 3 is 2.58 bits per heavy atom. The van der Waals surface area contributed by atoms with Crippen LogP contribution in [0.1, 0.15) is 23.2 Å². The van der Waals surface area contributed by atoms with Crippen LogP contribution in [0.3, 0.4) is 0 Å². The molecule has 1 fully saturated rings.